The fourth-order valence-electron chi connectivity index (χ4n) is 2.27. The fraction of sp³-hybridized carbons (Fsp3) is 0.538. The summed E-state index contributed by atoms with van der Waals surface area (Å²) in [6.07, 6.45) is 3.99. The molecule has 0 radical (unpaired) electrons. The molecule has 0 unspecified atom stereocenters. The molecule has 0 heterocycles. The zero-order chi connectivity index (χ0) is 10.1. The summed E-state index contributed by atoms with van der Waals surface area (Å²) in [6, 6.07) is 6.94. The molecule has 1 aromatic carbocycles. The Morgan fingerprint density at radius 3 is 2.07 bits per heavy atom. The van der Waals surface area contributed by atoms with Gasteiger partial charge in [-0.1, -0.05) is 35.7 Å². The van der Waals surface area contributed by atoms with Crippen molar-refractivity contribution in [2.45, 2.75) is 39.2 Å². The average molecular weight is 226 g/mol. The third-order valence-corrected chi connectivity index (χ3v) is 3.29. The van der Waals surface area contributed by atoms with Crippen molar-refractivity contribution in [3.05, 3.63) is 34.9 Å². The molecule has 1 atom stereocenters. The van der Waals surface area contributed by atoms with Crippen molar-refractivity contribution < 1.29 is 0 Å². The van der Waals surface area contributed by atoms with Crippen molar-refractivity contribution in [2.75, 3.05) is 0 Å². The first kappa shape index (κ1) is 12.5. The molecule has 2 N–H and O–H groups in total. The number of halogens is 1. The molecule has 1 aliphatic rings. The van der Waals surface area contributed by atoms with Crippen LogP contribution in [0, 0.1) is 19.8 Å². The first-order valence-corrected chi connectivity index (χ1v) is 5.50. The van der Waals surface area contributed by atoms with Gasteiger partial charge in [0, 0.05) is 6.04 Å². The van der Waals surface area contributed by atoms with E-state index in [1.165, 1.54) is 36.0 Å². The van der Waals surface area contributed by atoms with E-state index in [9.17, 15) is 0 Å². The second-order valence-electron chi connectivity index (χ2n) is 4.64. The molecule has 0 saturated heterocycles. The minimum atomic E-state index is 0. The third kappa shape index (κ3) is 2.73. The zero-order valence-corrected chi connectivity index (χ0v) is 10.3. The van der Waals surface area contributed by atoms with Gasteiger partial charge in [-0.2, -0.15) is 0 Å². The van der Waals surface area contributed by atoms with Gasteiger partial charge in [-0.15, -0.1) is 12.4 Å². The lowest BCUT2D eigenvalue weighted by atomic mass is 9.77. The summed E-state index contributed by atoms with van der Waals surface area (Å²) in [4.78, 5) is 0. The van der Waals surface area contributed by atoms with Crippen molar-refractivity contribution in [1.82, 2.24) is 0 Å². The van der Waals surface area contributed by atoms with Gasteiger partial charge in [0.05, 0.1) is 0 Å². The first-order valence-electron chi connectivity index (χ1n) is 5.50. The van der Waals surface area contributed by atoms with Crippen LogP contribution in [-0.4, -0.2) is 0 Å². The Bertz CT molecular complexity index is 311. The number of rotatable bonds is 2. The van der Waals surface area contributed by atoms with E-state index in [1.807, 2.05) is 0 Å². The van der Waals surface area contributed by atoms with Crippen LogP contribution < -0.4 is 5.73 Å². The van der Waals surface area contributed by atoms with Gasteiger partial charge in [-0.3, -0.25) is 0 Å². The smallest absolute Gasteiger partial charge is 0.0323 e. The maximum Gasteiger partial charge on any atom is 0.0323 e. The molecule has 0 aliphatic heterocycles. The van der Waals surface area contributed by atoms with Crippen LogP contribution in [0.4, 0.5) is 0 Å². The van der Waals surface area contributed by atoms with Gasteiger partial charge in [0.15, 0.2) is 0 Å². The quantitative estimate of drug-likeness (QED) is 0.819. The lowest BCUT2D eigenvalue weighted by Crippen LogP contribution is -2.26. The fourth-order valence-corrected chi connectivity index (χ4v) is 2.27. The van der Waals surface area contributed by atoms with E-state index in [1.54, 1.807) is 0 Å². The summed E-state index contributed by atoms with van der Waals surface area (Å²) in [7, 11) is 0. The minimum Gasteiger partial charge on any atom is -0.324 e. The van der Waals surface area contributed by atoms with Gasteiger partial charge in [0.1, 0.15) is 0 Å². The lowest BCUT2D eigenvalue weighted by Gasteiger charge is -2.31. The Labute approximate surface area is 98.5 Å². The summed E-state index contributed by atoms with van der Waals surface area (Å²) in [5.74, 6) is 0.733. The van der Waals surface area contributed by atoms with E-state index in [2.05, 4.69) is 32.0 Å². The van der Waals surface area contributed by atoms with Crippen LogP contribution in [0.25, 0.3) is 0 Å². The molecule has 1 aliphatic carbocycles. The van der Waals surface area contributed by atoms with Crippen LogP contribution in [0.15, 0.2) is 18.2 Å². The van der Waals surface area contributed by atoms with E-state index < -0.39 is 0 Å². The van der Waals surface area contributed by atoms with Crippen molar-refractivity contribution in [3.8, 4) is 0 Å². The number of hydrogen-bond acceptors (Lipinski definition) is 1. The van der Waals surface area contributed by atoms with E-state index in [4.69, 9.17) is 5.73 Å². The number of aryl methyl sites for hydroxylation is 2. The van der Waals surface area contributed by atoms with Gasteiger partial charge in [0.25, 0.3) is 0 Å². The van der Waals surface area contributed by atoms with Crippen molar-refractivity contribution in [2.24, 2.45) is 11.7 Å². The monoisotopic (exact) mass is 225 g/mol. The molecular formula is C13H20ClN. The SMILES string of the molecule is Cc1cc(C)cc([C@@H](N)C2CCC2)c1.Cl. The number of benzene rings is 1. The Morgan fingerprint density at radius 1 is 1.13 bits per heavy atom. The predicted octanol–water partition coefficient (Wildman–Crippen LogP) is 3.53. The van der Waals surface area contributed by atoms with E-state index in [0.717, 1.165) is 5.92 Å². The Morgan fingerprint density at radius 2 is 1.67 bits per heavy atom. The Kier molecular flexibility index (Phi) is 4.18. The highest BCUT2D eigenvalue weighted by Gasteiger charge is 2.25. The van der Waals surface area contributed by atoms with E-state index in [-0.39, 0.29) is 18.4 Å². The largest absolute Gasteiger partial charge is 0.324 e. The highest BCUT2D eigenvalue weighted by atomic mass is 35.5. The van der Waals surface area contributed by atoms with Gasteiger partial charge in [-0.05, 0) is 38.2 Å². The summed E-state index contributed by atoms with van der Waals surface area (Å²) in [5, 5.41) is 0. The van der Waals surface area contributed by atoms with Crippen LogP contribution >= 0.6 is 12.4 Å². The Hall–Kier alpha value is -0.530. The highest BCUT2D eigenvalue weighted by molar-refractivity contribution is 5.85. The molecule has 0 spiro atoms. The molecule has 0 amide bonds. The molecule has 15 heavy (non-hydrogen) atoms. The average Bonchev–Trinajstić information content (AvgIpc) is 1.98. The van der Waals surface area contributed by atoms with E-state index >= 15 is 0 Å². The van der Waals surface area contributed by atoms with E-state index in [0.29, 0.717) is 0 Å². The molecule has 2 heteroatoms. The molecule has 2 rings (SSSR count). The van der Waals surface area contributed by atoms with Crippen molar-refractivity contribution in [3.63, 3.8) is 0 Å². The van der Waals surface area contributed by atoms with Crippen LogP contribution in [0.3, 0.4) is 0 Å². The molecule has 1 nitrogen and oxygen atoms in total. The molecule has 1 fully saturated rings. The molecule has 1 saturated carbocycles. The predicted molar refractivity (Wildman–Crippen MR) is 67.4 cm³/mol. The van der Waals surface area contributed by atoms with Gasteiger partial charge >= 0.3 is 0 Å². The molecule has 0 bridgehead atoms. The first-order chi connectivity index (χ1) is 6.66. The van der Waals surface area contributed by atoms with Crippen LogP contribution in [0.2, 0.25) is 0 Å². The van der Waals surface area contributed by atoms with Crippen LogP contribution in [-0.2, 0) is 0 Å². The zero-order valence-electron chi connectivity index (χ0n) is 9.49. The molecule has 1 aromatic rings. The summed E-state index contributed by atoms with van der Waals surface area (Å²) in [6.45, 7) is 4.29. The minimum absolute atomic E-state index is 0. The maximum absolute atomic E-state index is 6.24. The second kappa shape index (κ2) is 5.00. The molecule has 0 aromatic heterocycles. The standard InChI is InChI=1S/C13H19N.ClH/c1-9-6-10(2)8-12(7-9)13(14)11-4-3-5-11;/h6-8,11,13H,3-5,14H2,1-2H3;1H/t13-;/m0./s1. The summed E-state index contributed by atoms with van der Waals surface area (Å²) < 4.78 is 0. The summed E-state index contributed by atoms with van der Waals surface area (Å²) in [5.41, 5.74) is 10.2. The van der Waals surface area contributed by atoms with Gasteiger partial charge in [0.2, 0.25) is 0 Å². The third-order valence-electron chi connectivity index (χ3n) is 3.29. The topological polar surface area (TPSA) is 26.0 Å². The van der Waals surface area contributed by atoms with Gasteiger partial charge < -0.3 is 5.73 Å². The maximum atomic E-state index is 6.24. The Balaban J connectivity index is 0.00000112. The molecule has 84 valence electrons. The van der Waals surface area contributed by atoms with Crippen molar-refractivity contribution >= 4 is 12.4 Å². The van der Waals surface area contributed by atoms with Gasteiger partial charge in [-0.25, -0.2) is 0 Å². The lowest BCUT2D eigenvalue weighted by molar-refractivity contribution is 0.264. The number of nitrogens with two attached hydrogens (primary N) is 1. The number of hydrogen-bond donors (Lipinski definition) is 1. The van der Waals surface area contributed by atoms with Crippen LogP contribution in [0.1, 0.15) is 42.0 Å². The van der Waals surface area contributed by atoms with Crippen LogP contribution in [0.5, 0.6) is 0 Å². The summed E-state index contributed by atoms with van der Waals surface area (Å²) >= 11 is 0. The second-order valence-corrected chi connectivity index (χ2v) is 4.64. The highest BCUT2D eigenvalue weighted by Crippen LogP contribution is 2.36. The normalized spacial score (nSPS) is 17.8. The van der Waals surface area contributed by atoms with Crippen molar-refractivity contribution in [1.29, 1.82) is 0 Å². The molecular weight excluding hydrogens is 206 g/mol.